The molecule has 0 atom stereocenters. The molecule has 10 rings (SSSR count). The van der Waals surface area contributed by atoms with Crippen molar-refractivity contribution >= 4 is 43.6 Å². The quantitative estimate of drug-likeness (QED) is 0.186. The molecule has 4 heteroatoms. The van der Waals surface area contributed by atoms with Crippen molar-refractivity contribution in [2.45, 2.75) is 0 Å². The monoisotopic (exact) mass is 651 g/mol. The Morgan fingerprint density at radius 3 is 1.73 bits per heavy atom. The van der Waals surface area contributed by atoms with Gasteiger partial charge in [0.05, 0.1) is 33.4 Å². The summed E-state index contributed by atoms with van der Waals surface area (Å²) in [5.74, 6) is 0.681. The second-order valence-electron chi connectivity index (χ2n) is 12.8. The predicted octanol–water partition coefficient (Wildman–Crippen LogP) is 12.4. The van der Waals surface area contributed by atoms with Crippen molar-refractivity contribution in [3.05, 3.63) is 176 Å². The minimum atomic E-state index is 0.681. The molecule has 0 saturated heterocycles. The first-order chi connectivity index (χ1) is 25.3. The van der Waals surface area contributed by atoms with Gasteiger partial charge in [0.25, 0.3) is 0 Å². The van der Waals surface area contributed by atoms with Crippen LogP contribution in [0.3, 0.4) is 0 Å². The van der Waals surface area contributed by atoms with E-state index < -0.39 is 0 Å². The molecule has 0 aliphatic rings. The second kappa shape index (κ2) is 11.9. The molecule has 0 aliphatic heterocycles. The molecule has 0 N–H and O–H groups in total. The normalized spacial score (nSPS) is 11.5. The van der Waals surface area contributed by atoms with Gasteiger partial charge in [-0.1, -0.05) is 158 Å². The van der Waals surface area contributed by atoms with E-state index in [1.165, 1.54) is 10.8 Å². The zero-order valence-electron chi connectivity index (χ0n) is 27.5. The third-order valence-corrected chi connectivity index (χ3v) is 9.70. The summed E-state index contributed by atoms with van der Waals surface area (Å²) in [7, 11) is 0. The third kappa shape index (κ3) is 4.96. The summed E-state index contributed by atoms with van der Waals surface area (Å²) < 4.78 is 6.75. The van der Waals surface area contributed by atoms with Gasteiger partial charge in [0, 0.05) is 27.6 Å². The molecule has 7 aromatic carbocycles. The summed E-state index contributed by atoms with van der Waals surface area (Å²) >= 11 is 0. The molecule has 0 spiro atoms. The summed E-state index contributed by atoms with van der Waals surface area (Å²) in [6.07, 6.45) is 0. The molecule has 238 valence electrons. The van der Waals surface area contributed by atoms with Crippen molar-refractivity contribution in [3.63, 3.8) is 0 Å². The number of para-hydroxylation sites is 1. The van der Waals surface area contributed by atoms with Gasteiger partial charge in [-0.3, -0.25) is 0 Å². The zero-order chi connectivity index (χ0) is 33.7. The van der Waals surface area contributed by atoms with E-state index in [-0.39, 0.29) is 0 Å². The molecule has 10 aromatic rings. The number of hydrogen-bond acceptors (Lipinski definition) is 4. The topological polar surface area (TPSA) is 51.8 Å². The van der Waals surface area contributed by atoms with Gasteiger partial charge in [-0.05, 0) is 40.1 Å². The van der Waals surface area contributed by atoms with Gasteiger partial charge in [0.15, 0.2) is 5.82 Å². The van der Waals surface area contributed by atoms with Crippen LogP contribution < -0.4 is 0 Å². The van der Waals surface area contributed by atoms with E-state index in [9.17, 15) is 0 Å². The van der Waals surface area contributed by atoms with E-state index in [0.29, 0.717) is 5.82 Å². The lowest BCUT2D eigenvalue weighted by molar-refractivity contribution is 0.672. The van der Waals surface area contributed by atoms with E-state index in [0.717, 1.165) is 83.3 Å². The van der Waals surface area contributed by atoms with Crippen molar-refractivity contribution in [1.29, 1.82) is 0 Å². The van der Waals surface area contributed by atoms with Gasteiger partial charge in [-0.25, -0.2) is 15.0 Å². The van der Waals surface area contributed by atoms with Gasteiger partial charge < -0.3 is 4.42 Å². The lowest BCUT2D eigenvalue weighted by Crippen LogP contribution is -1.96. The average Bonchev–Trinajstić information content (AvgIpc) is 3.61. The Morgan fingerprint density at radius 2 is 0.980 bits per heavy atom. The second-order valence-corrected chi connectivity index (χ2v) is 12.8. The zero-order valence-corrected chi connectivity index (χ0v) is 27.5. The number of furan rings is 1. The van der Waals surface area contributed by atoms with Crippen LogP contribution in [0, 0.1) is 0 Å². The van der Waals surface area contributed by atoms with Crippen LogP contribution >= 0.6 is 0 Å². The summed E-state index contributed by atoms with van der Waals surface area (Å²) in [5, 5.41) is 5.42. The maximum Gasteiger partial charge on any atom is 0.160 e. The first-order valence-electron chi connectivity index (χ1n) is 17.1. The molecule has 0 unspecified atom stereocenters. The lowest BCUT2D eigenvalue weighted by Gasteiger charge is -2.13. The number of hydrogen-bond donors (Lipinski definition) is 0. The Kier molecular flexibility index (Phi) is 6.78. The van der Waals surface area contributed by atoms with Gasteiger partial charge in [0.2, 0.25) is 0 Å². The minimum absolute atomic E-state index is 0.681. The highest BCUT2D eigenvalue weighted by molar-refractivity contribution is 6.23. The van der Waals surface area contributed by atoms with Crippen molar-refractivity contribution in [3.8, 4) is 56.3 Å². The summed E-state index contributed by atoms with van der Waals surface area (Å²) in [6, 6.07) is 60.6. The Hall–Kier alpha value is -6.91. The van der Waals surface area contributed by atoms with Gasteiger partial charge in [-0.2, -0.15) is 0 Å². The molecule has 0 bridgehead atoms. The summed E-state index contributed by atoms with van der Waals surface area (Å²) in [4.78, 5) is 15.5. The van der Waals surface area contributed by atoms with E-state index >= 15 is 0 Å². The molecule has 0 amide bonds. The summed E-state index contributed by atoms with van der Waals surface area (Å²) in [5.41, 5.74) is 11.5. The number of pyridine rings is 1. The fourth-order valence-corrected chi connectivity index (χ4v) is 7.26. The molecule has 3 aromatic heterocycles. The smallest absolute Gasteiger partial charge is 0.160 e. The van der Waals surface area contributed by atoms with E-state index in [1.807, 2.05) is 48.5 Å². The molecule has 0 aliphatic carbocycles. The molecular weight excluding hydrogens is 623 g/mol. The van der Waals surface area contributed by atoms with Crippen LogP contribution in [0.1, 0.15) is 0 Å². The van der Waals surface area contributed by atoms with Crippen molar-refractivity contribution < 1.29 is 4.42 Å². The lowest BCUT2D eigenvalue weighted by atomic mass is 9.94. The standard InChI is InChI=1S/C47H29N3O/c1-3-14-32(15-4-1)40-29-41(33-16-5-2-6-17-33)50-47(49-40)34-27-25-31(26-28-34)36-21-12-23-39-43(36)46-44(38-20-9-10-24-42(38)51-46)45(48-39)37-22-11-18-30-13-7-8-19-35(30)37/h1-29H. The first kappa shape index (κ1) is 29.0. The number of benzene rings is 7. The van der Waals surface area contributed by atoms with Crippen LogP contribution in [0.15, 0.2) is 180 Å². The van der Waals surface area contributed by atoms with E-state index in [4.69, 9.17) is 19.4 Å². The number of aromatic nitrogens is 3. The fraction of sp³-hybridized carbons (Fsp3) is 0. The van der Waals surface area contributed by atoms with Gasteiger partial charge in [-0.15, -0.1) is 0 Å². The largest absolute Gasteiger partial charge is 0.455 e. The highest BCUT2D eigenvalue weighted by atomic mass is 16.3. The van der Waals surface area contributed by atoms with Crippen LogP contribution in [0.25, 0.3) is 99.9 Å². The average molecular weight is 652 g/mol. The molecule has 0 radical (unpaired) electrons. The molecule has 0 saturated carbocycles. The van der Waals surface area contributed by atoms with Crippen molar-refractivity contribution in [1.82, 2.24) is 15.0 Å². The van der Waals surface area contributed by atoms with Gasteiger partial charge in [0.1, 0.15) is 11.2 Å². The predicted molar refractivity (Wildman–Crippen MR) is 209 cm³/mol. The molecule has 4 nitrogen and oxygen atoms in total. The number of nitrogens with zero attached hydrogens (tertiary/aromatic N) is 3. The number of fused-ring (bicyclic) bond motifs is 6. The number of rotatable bonds is 5. The maximum absolute atomic E-state index is 6.75. The highest BCUT2D eigenvalue weighted by Gasteiger charge is 2.21. The van der Waals surface area contributed by atoms with E-state index in [2.05, 4.69) is 127 Å². The molecule has 51 heavy (non-hydrogen) atoms. The Bertz CT molecular complexity index is 2830. The third-order valence-electron chi connectivity index (χ3n) is 9.70. The molecular formula is C47H29N3O. The SMILES string of the molecule is c1ccc(-c2cc(-c3ccccc3)nc(-c3ccc(-c4cccc5nc(-c6cccc7ccccc67)c6c7ccccc7oc6c45)cc3)n2)cc1. The van der Waals surface area contributed by atoms with Crippen LogP contribution in [0.4, 0.5) is 0 Å². The Labute approximate surface area is 294 Å². The molecule has 3 heterocycles. The van der Waals surface area contributed by atoms with Crippen LogP contribution in [-0.2, 0) is 0 Å². The summed E-state index contributed by atoms with van der Waals surface area (Å²) in [6.45, 7) is 0. The van der Waals surface area contributed by atoms with Crippen molar-refractivity contribution in [2.75, 3.05) is 0 Å². The first-order valence-corrected chi connectivity index (χ1v) is 17.1. The Balaban J connectivity index is 1.15. The van der Waals surface area contributed by atoms with E-state index in [1.54, 1.807) is 0 Å². The highest BCUT2D eigenvalue weighted by Crippen LogP contribution is 2.44. The van der Waals surface area contributed by atoms with Crippen molar-refractivity contribution in [2.24, 2.45) is 0 Å². The molecule has 0 fully saturated rings. The minimum Gasteiger partial charge on any atom is -0.455 e. The van der Waals surface area contributed by atoms with Crippen LogP contribution in [0.2, 0.25) is 0 Å². The fourth-order valence-electron chi connectivity index (χ4n) is 7.26. The van der Waals surface area contributed by atoms with Gasteiger partial charge >= 0.3 is 0 Å². The van der Waals surface area contributed by atoms with Crippen LogP contribution in [-0.4, -0.2) is 15.0 Å². The maximum atomic E-state index is 6.75. The van der Waals surface area contributed by atoms with Crippen LogP contribution in [0.5, 0.6) is 0 Å². The Morgan fingerprint density at radius 1 is 0.392 bits per heavy atom.